The van der Waals surface area contributed by atoms with Gasteiger partial charge >= 0.3 is 0 Å². The predicted molar refractivity (Wildman–Crippen MR) is 83.0 cm³/mol. The van der Waals surface area contributed by atoms with Crippen molar-refractivity contribution in [3.63, 3.8) is 0 Å². The molecule has 1 aliphatic heterocycles. The summed E-state index contributed by atoms with van der Waals surface area (Å²) in [6, 6.07) is 6.00. The second-order valence-electron chi connectivity index (χ2n) is 6.55. The summed E-state index contributed by atoms with van der Waals surface area (Å²) in [6.07, 6.45) is 4.63. The van der Waals surface area contributed by atoms with Gasteiger partial charge in [-0.05, 0) is 49.9 Å². The Morgan fingerprint density at radius 2 is 2.05 bits per heavy atom. The second-order valence-corrected chi connectivity index (χ2v) is 6.55. The Kier molecular flexibility index (Phi) is 4.34. The maximum absolute atomic E-state index is 12.9. The molecule has 1 saturated heterocycles. The molecule has 0 bridgehead atoms. The number of nitrogens with zero attached hydrogens (tertiary/aromatic N) is 1. The summed E-state index contributed by atoms with van der Waals surface area (Å²) in [7, 11) is 0. The first kappa shape index (κ1) is 15.3. The van der Waals surface area contributed by atoms with Gasteiger partial charge in [-0.25, -0.2) is 4.39 Å². The van der Waals surface area contributed by atoms with Crippen LogP contribution in [0.5, 0.6) is 0 Å². The molecule has 0 radical (unpaired) electrons. The Bertz CT molecular complexity index is 534. The van der Waals surface area contributed by atoms with Gasteiger partial charge in [-0.2, -0.15) is 0 Å². The van der Waals surface area contributed by atoms with E-state index in [0.29, 0.717) is 6.54 Å². The van der Waals surface area contributed by atoms with E-state index in [9.17, 15) is 14.3 Å². The van der Waals surface area contributed by atoms with Crippen LogP contribution in [0.25, 0.3) is 0 Å². The van der Waals surface area contributed by atoms with Crippen LogP contribution >= 0.6 is 0 Å². The van der Waals surface area contributed by atoms with Crippen molar-refractivity contribution >= 4 is 11.6 Å². The molecule has 4 nitrogen and oxygen atoms in total. The maximum atomic E-state index is 12.9. The van der Waals surface area contributed by atoms with Crippen LogP contribution in [0.3, 0.4) is 0 Å². The van der Waals surface area contributed by atoms with Crippen molar-refractivity contribution in [1.82, 2.24) is 4.90 Å². The monoisotopic (exact) mass is 306 g/mol. The summed E-state index contributed by atoms with van der Waals surface area (Å²) in [5, 5.41) is 13.3. The lowest BCUT2D eigenvalue weighted by Crippen LogP contribution is -2.50. The lowest BCUT2D eigenvalue weighted by molar-refractivity contribution is -0.134. The van der Waals surface area contributed by atoms with Crippen molar-refractivity contribution in [2.75, 3.05) is 25.0 Å². The smallest absolute Gasteiger partial charge is 0.241 e. The van der Waals surface area contributed by atoms with Gasteiger partial charge in [0, 0.05) is 24.2 Å². The molecule has 2 atom stereocenters. The molecule has 2 N–H and O–H groups in total. The van der Waals surface area contributed by atoms with Crippen LogP contribution < -0.4 is 5.32 Å². The number of carbonyl (C=O) groups excluding carboxylic acids is 1. The van der Waals surface area contributed by atoms with E-state index in [1.54, 1.807) is 12.1 Å². The van der Waals surface area contributed by atoms with E-state index in [-0.39, 0.29) is 29.8 Å². The number of halogens is 1. The first-order valence-electron chi connectivity index (χ1n) is 8.04. The Morgan fingerprint density at radius 3 is 2.73 bits per heavy atom. The van der Waals surface area contributed by atoms with Crippen LogP contribution in [0, 0.1) is 11.2 Å². The molecule has 1 spiro atoms. The van der Waals surface area contributed by atoms with Crippen LogP contribution in [0.2, 0.25) is 0 Å². The predicted octanol–water partition coefficient (Wildman–Crippen LogP) is 2.39. The fourth-order valence-corrected chi connectivity index (χ4v) is 3.83. The number of carbonyl (C=O) groups is 1. The van der Waals surface area contributed by atoms with Gasteiger partial charge in [-0.1, -0.05) is 6.42 Å². The van der Waals surface area contributed by atoms with Crippen molar-refractivity contribution in [3.05, 3.63) is 30.1 Å². The zero-order valence-electron chi connectivity index (χ0n) is 12.7. The summed E-state index contributed by atoms with van der Waals surface area (Å²) in [4.78, 5) is 14.3. The molecule has 1 aromatic carbocycles. The highest BCUT2D eigenvalue weighted by Crippen LogP contribution is 2.44. The van der Waals surface area contributed by atoms with Gasteiger partial charge in [0.15, 0.2) is 0 Å². The number of hydrogen-bond donors (Lipinski definition) is 2. The van der Waals surface area contributed by atoms with Crippen molar-refractivity contribution in [3.8, 4) is 0 Å². The standard InChI is InChI=1S/C17H23FN2O2/c18-13-4-6-14(7-5-13)19-11-16(22)20-10-2-9-17(12-20)8-1-3-15(17)21/h4-7,15,19,21H,1-3,8-12H2/t15-,17-/m1/s1. The summed E-state index contributed by atoms with van der Waals surface area (Å²) < 4.78 is 12.9. The molecule has 120 valence electrons. The topological polar surface area (TPSA) is 52.6 Å². The SMILES string of the molecule is O=C(CNc1ccc(F)cc1)N1CCC[C@]2(CCC[C@H]2O)C1. The zero-order chi connectivity index (χ0) is 15.6. The Morgan fingerprint density at radius 1 is 1.32 bits per heavy atom. The third kappa shape index (κ3) is 3.09. The van der Waals surface area contributed by atoms with E-state index in [1.807, 2.05) is 4.90 Å². The molecule has 0 unspecified atom stereocenters. The Labute approximate surface area is 130 Å². The minimum Gasteiger partial charge on any atom is -0.392 e. The first-order chi connectivity index (χ1) is 10.6. The van der Waals surface area contributed by atoms with Crippen molar-refractivity contribution in [1.29, 1.82) is 0 Å². The first-order valence-corrected chi connectivity index (χ1v) is 8.04. The summed E-state index contributed by atoms with van der Waals surface area (Å²) >= 11 is 0. The third-order valence-electron chi connectivity index (χ3n) is 5.11. The van der Waals surface area contributed by atoms with E-state index < -0.39 is 0 Å². The molecule has 0 aromatic heterocycles. The number of benzene rings is 1. The van der Waals surface area contributed by atoms with Gasteiger partial charge in [-0.3, -0.25) is 4.79 Å². The number of hydrogen-bond acceptors (Lipinski definition) is 3. The third-order valence-corrected chi connectivity index (χ3v) is 5.11. The van der Waals surface area contributed by atoms with E-state index >= 15 is 0 Å². The Hall–Kier alpha value is -1.62. The molecule has 1 saturated carbocycles. The minimum atomic E-state index is -0.287. The maximum Gasteiger partial charge on any atom is 0.241 e. The molecule has 2 aliphatic rings. The molecule has 2 fully saturated rings. The van der Waals surface area contributed by atoms with Crippen molar-refractivity contribution in [2.24, 2.45) is 5.41 Å². The number of amides is 1. The number of aliphatic hydroxyl groups is 1. The highest BCUT2D eigenvalue weighted by atomic mass is 19.1. The summed E-state index contributed by atoms with van der Waals surface area (Å²) in [5.41, 5.74) is 0.659. The molecule has 5 heteroatoms. The Balaban J connectivity index is 1.56. The fourth-order valence-electron chi connectivity index (χ4n) is 3.83. The van der Waals surface area contributed by atoms with E-state index in [4.69, 9.17) is 0 Å². The van der Waals surface area contributed by atoms with Crippen LogP contribution in [0.15, 0.2) is 24.3 Å². The molecule has 3 rings (SSSR count). The molecular weight excluding hydrogens is 283 g/mol. The lowest BCUT2D eigenvalue weighted by atomic mass is 9.76. The second kappa shape index (κ2) is 6.24. The van der Waals surface area contributed by atoms with E-state index in [1.165, 1.54) is 12.1 Å². The van der Waals surface area contributed by atoms with Gasteiger partial charge in [-0.15, -0.1) is 0 Å². The molecule has 1 heterocycles. The molecule has 1 aromatic rings. The largest absolute Gasteiger partial charge is 0.392 e. The molecule has 1 amide bonds. The molecule has 1 aliphatic carbocycles. The van der Waals surface area contributed by atoms with Gasteiger partial charge in [0.2, 0.25) is 5.91 Å². The molecule has 22 heavy (non-hydrogen) atoms. The zero-order valence-corrected chi connectivity index (χ0v) is 12.7. The summed E-state index contributed by atoms with van der Waals surface area (Å²) in [5.74, 6) is -0.243. The number of rotatable bonds is 3. The van der Waals surface area contributed by atoms with Gasteiger partial charge in [0.1, 0.15) is 5.82 Å². The number of anilines is 1. The van der Waals surface area contributed by atoms with Crippen molar-refractivity contribution in [2.45, 2.75) is 38.2 Å². The summed E-state index contributed by atoms with van der Waals surface area (Å²) in [6.45, 7) is 1.63. The van der Waals surface area contributed by atoms with Crippen LogP contribution in [0.1, 0.15) is 32.1 Å². The number of nitrogens with one attached hydrogen (secondary N) is 1. The van der Waals surface area contributed by atoms with Crippen LogP contribution in [-0.4, -0.2) is 41.7 Å². The average Bonchev–Trinajstić information content (AvgIpc) is 2.87. The highest BCUT2D eigenvalue weighted by molar-refractivity contribution is 5.81. The van der Waals surface area contributed by atoms with Gasteiger partial charge < -0.3 is 15.3 Å². The number of likely N-dealkylation sites (tertiary alicyclic amines) is 1. The van der Waals surface area contributed by atoms with E-state index in [2.05, 4.69) is 5.32 Å². The highest BCUT2D eigenvalue weighted by Gasteiger charge is 2.45. The lowest BCUT2D eigenvalue weighted by Gasteiger charge is -2.42. The molecular formula is C17H23FN2O2. The number of aliphatic hydroxyl groups excluding tert-OH is 1. The minimum absolute atomic E-state index is 0.0440. The van der Waals surface area contributed by atoms with Crippen LogP contribution in [-0.2, 0) is 4.79 Å². The number of piperidine rings is 1. The fraction of sp³-hybridized carbons (Fsp3) is 0.588. The van der Waals surface area contributed by atoms with Gasteiger partial charge in [0.25, 0.3) is 0 Å². The average molecular weight is 306 g/mol. The van der Waals surface area contributed by atoms with E-state index in [0.717, 1.165) is 44.3 Å². The van der Waals surface area contributed by atoms with Crippen LogP contribution in [0.4, 0.5) is 10.1 Å². The van der Waals surface area contributed by atoms with Gasteiger partial charge in [0.05, 0.1) is 12.6 Å². The quantitative estimate of drug-likeness (QED) is 0.901. The normalized spacial score (nSPS) is 28.1. The van der Waals surface area contributed by atoms with Crippen molar-refractivity contribution < 1.29 is 14.3 Å².